The second-order valence-corrected chi connectivity index (χ2v) is 5.67. The van der Waals surface area contributed by atoms with E-state index in [1.54, 1.807) is 6.07 Å². The normalized spacial score (nSPS) is 16.1. The van der Waals surface area contributed by atoms with Gasteiger partial charge in [-0.1, -0.05) is 6.07 Å². The number of amides is 2. The Hall–Kier alpha value is -2.96. The number of carboxylic acid groups (broad SMARTS) is 1. The van der Waals surface area contributed by atoms with Crippen LogP contribution in [0.2, 0.25) is 0 Å². The molecule has 0 spiro atoms. The van der Waals surface area contributed by atoms with E-state index in [0.29, 0.717) is 24.9 Å². The number of nitrogens with zero attached hydrogens (tertiary/aromatic N) is 1. The van der Waals surface area contributed by atoms with Crippen LogP contribution in [-0.2, 0) is 12.8 Å². The largest absolute Gasteiger partial charge is 0.465 e. The molecule has 2 amide bonds. The summed E-state index contributed by atoms with van der Waals surface area (Å²) < 4.78 is 13.5. The Labute approximate surface area is 137 Å². The number of pyridine rings is 1. The SMILES string of the molecule is O=C(O)NC1CCc2cc(NC(=O)c3cccnc3F)ccc2C1. The maximum Gasteiger partial charge on any atom is 0.404 e. The predicted octanol–water partition coefficient (Wildman–Crippen LogP) is 2.60. The van der Waals surface area contributed by atoms with Crippen LogP contribution in [0.25, 0.3) is 0 Å². The Balaban J connectivity index is 1.72. The van der Waals surface area contributed by atoms with Gasteiger partial charge in [0.25, 0.3) is 5.91 Å². The summed E-state index contributed by atoms with van der Waals surface area (Å²) in [6.07, 6.45) is 2.30. The topological polar surface area (TPSA) is 91.3 Å². The second-order valence-electron chi connectivity index (χ2n) is 5.67. The van der Waals surface area contributed by atoms with Crippen molar-refractivity contribution in [1.82, 2.24) is 10.3 Å². The van der Waals surface area contributed by atoms with E-state index in [1.807, 2.05) is 12.1 Å². The van der Waals surface area contributed by atoms with E-state index in [-0.39, 0.29) is 11.6 Å². The fourth-order valence-corrected chi connectivity index (χ4v) is 2.88. The molecule has 3 N–H and O–H groups in total. The molecule has 0 aliphatic heterocycles. The molecular weight excluding hydrogens is 313 g/mol. The van der Waals surface area contributed by atoms with E-state index in [2.05, 4.69) is 15.6 Å². The van der Waals surface area contributed by atoms with Crippen molar-refractivity contribution in [2.75, 3.05) is 5.32 Å². The maximum absolute atomic E-state index is 13.5. The number of nitrogens with one attached hydrogen (secondary N) is 2. The van der Waals surface area contributed by atoms with Gasteiger partial charge in [-0.05, 0) is 54.7 Å². The van der Waals surface area contributed by atoms with Crippen LogP contribution >= 0.6 is 0 Å². The summed E-state index contributed by atoms with van der Waals surface area (Å²) in [4.78, 5) is 26.3. The Morgan fingerprint density at radius 3 is 2.83 bits per heavy atom. The molecule has 3 rings (SSSR count). The first-order valence-electron chi connectivity index (χ1n) is 7.56. The lowest BCUT2D eigenvalue weighted by Gasteiger charge is -2.25. The molecule has 0 radical (unpaired) electrons. The number of hydrogen-bond donors (Lipinski definition) is 3. The minimum absolute atomic E-state index is 0.0973. The predicted molar refractivity (Wildman–Crippen MR) is 85.6 cm³/mol. The number of aromatic nitrogens is 1. The first-order chi connectivity index (χ1) is 11.5. The van der Waals surface area contributed by atoms with Gasteiger partial charge >= 0.3 is 6.09 Å². The number of benzene rings is 1. The van der Waals surface area contributed by atoms with Crippen molar-refractivity contribution >= 4 is 17.7 Å². The lowest BCUT2D eigenvalue weighted by molar-refractivity contribution is 0.102. The van der Waals surface area contributed by atoms with Crippen LogP contribution in [0.5, 0.6) is 0 Å². The summed E-state index contributed by atoms with van der Waals surface area (Å²) in [6, 6.07) is 8.21. The number of aryl methyl sites for hydroxylation is 1. The van der Waals surface area contributed by atoms with Crippen LogP contribution in [-0.4, -0.2) is 28.1 Å². The molecule has 1 aromatic carbocycles. The highest BCUT2D eigenvalue weighted by Crippen LogP contribution is 2.25. The van der Waals surface area contributed by atoms with E-state index < -0.39 is 17.9 Å². The van der Waals surface area contributed by atoms with Gasteiger partial charge in [0.05, 0.1) is 5.56 Å². The van der Waals surface area contributed by atoms with Gasteiger partial charge in [-0.2, -0.15) is 4.39 Å². The van der Waals surface area contributed by atoms with Crippen LogP contribution in [0.1, 0.15) is 27.9 Å². The molecular formula is C17H16FN3O3. The number of rotatable bonds is 3. The van der Waals surface area contributed by atoms with Gasteiger partial charge in [0, 0.05) is 17.9 Å². The molecule has 1 heterocycles. The van der Waals surface area contributed by atoms with Crippen molar-refractivity contribution in [1.29, 1.82) is 0 Å². The number of hydrogen-bond acceptors (Lipinski definition) is 3. The van der Waals surface area contributed by atoms with Crippen molar-refractivity contribution in [3.63, 3.8) is 0 Å². The molecule has 7 heteroatoms. The first kappa shape index (κ1) is 15.9. The minimum Gasteiger partial charge on any atom is -0.465 e. The minimum atomic E-state index is -1.02. The van der Waals surface area contributed by atoms with Crippen molar-refractivity contribution in [3.8, 4) is 0 Å². The van der Waals surface area contributed by atoms with Crippen molar-refractivity contribution in [2.45, 2.75) is 25.3 Å². The third-order valence-corrected chi connectivity index (χ3v) is 4.02. The van der Waals surface area contributed by atoms with Crippen LogP contribution < -0.4 is 10.6 Å². The van der Waals surface area contributed by atoms with Crippen molar-refractivity contribution in [2.24, 2.45) is 0 Å². The van der Waals surface area contributed by atoms with Gasteiger partial charge in [0.2, 0.25) is 5.95 Å². The van der Waals surface area contributed by atoms with Crippen LogP contribution in [0.3, 0.4) is 0 Å². The van der Waals surface area contributed by atoms with Gasteiger partial charge in [-0.15, -0.1) is 0 Å². The average Bonchev–Trinajstić information content (AvgIpc) is 2.54. The van der Waals surface area contributed by atoms with Gasteiger partial charge in [-0.25, -0.2) is 9.78 Å². The summed E-state index contributed by atoms with van der Waals surface area (Å²) in [5, 5.41) is 14.0. The summed E-state index contributed by atoms with van der Waals surface area (Å²) in [5.41, 5.74) is 2.57. The van der Waals surface area contributed by atoms with E-state index in [0.717, 1.165) is 11.1 Å². The monoisotopic (exact) mass is 329 g/mol. The smallest absolute Gasteiger partial charge is 0.404 e. The molecule has 0 fully saturated rings. The fourth-order valence-electron chi connectivity index (χ4n) is 2.88. The molecule has 0 saturated carbocycles. The fraction of sp³-hybridized carbons (Fsp3) is 0.235. The van der Waals surface area contributed by atoms with E-state index in [9.17, 15) is 14.0 Å². The van der Waals surface area contributed by atoms with Crippen LogP contribution in [0.15, 0.2) is 36.5 Å². The molecule has 0 bridgehead atoms. The zero-order valence-electron chi connectivity index (χ0n) is 12.8. The number of halogens is 1. The maximum atomic E-state index is 13.5. The average molecular weight is 329 g/mol. The number of carbonyl (C=O) groups excluding carboxylic acids is 1. The van der Waals surface area contributed by atoms with Crippen LogP contribution in [0, 0.1) is 5.95 Å². The molecule has 0 saturated heterocycles. The van der Waals surface area contributed by atoms with Crippen molar-refractivity contribution < 1.29 is 19.1 Å². The lowest BCUT2D eigenvalue weighted by atomic mass is 9.88. The first-order valence-corrected chi connectivity index (χ1v) is 7.56. The number of fused-ring (bicyclic) bond motifs is 1. The quantitative estimate of drug-likeness (QED) is 0.755. The van der Waals surface area contributed by atoms with Gasteiger partial charge in [0.15, 0.2) is 0 Å². The van der Waals surface area contributed by atoms with Gasteiger partial charge in [0.1, 0.15) is 0 Å². The van der Waals surface area contributed by atoms with E-state index in [4.69, 9.17) is 5.11 Å². The van der Waals surface area contributed by atoms with Crippen molar-refractivity contribution in [3.05, 3.63) is 59.2 Å². The van der Waals surface area contributed by atoms with Crippen LogP contribution in [0.4, 0.5) is 14.9 Å². The molecule has 124 valence electrons. The van der Waals surface area contributed by atoms with E-state index >= 15 is 0 Å². The van der Waals surface area contributed by atoms with E-state index in [1.165, 1.54) is 18.3 Å². The zero-order valence-corrected chi connectivity index (χ0v) is 12.8. The summed E-state index contributed by atoms with van der Waals surface area (Å²) >= 11 is 0. The Morgan fingerprint density at radius 2 is 2.08 bits per heavy atom. The molecule has 24 heavy (non-hydrogen) atoms. The third kappa shape index (κ3) is 3.51. The molecule has 1 atom stereocenters. The highest BCUT2D eigenvalue weighted by Gasteiger charge is 2.20. The summed E-state index contributed by atoms with van der Waals surface area (Å²) in [6.45, 7) is 0. The number of anilines is 1. The van der Waals surface area contributed by atoms with Gasteiger partial charge < -0.3 is 15.7 Å². The molecule has 6 nitrogen and oxygen atoms in total. The molecule has 1 aromatic heterocycles. The molecule has 1 aliphatic carbocycles. The highest BCUT2D eigenvalue weighted by molar-refractivity contribution is 6.04. The van der Waals surface area contributed by atoms with Gasteiger partial charge in [-0.3, -0.25) is 4.79 Å². The Bertz CT molecular complexity index is 794. The Kier molecular flexibility index (Phi) is 4.41. The summed E-state index contributed by atoms with van der Waals surface area (Å²) in [5.74, 6) is -1.36. The standard InChI is InChI=1S/C17H16FN3O3/c18-15-14(2-1-7-19-15)16(22)20-12-5-3-11-9-13(21-17(23)24)6-4-10(11)8-12/h1-3,5,7-8,13,21H,4,6,9H2,(H,20,22)(H,23,24). The summed E-state index contributed by atoms with van der Waals surface area (Å²) in [7, 11) is 0. The highest BCUT2D eigenvalue weighted by atomic mass is 19.1. The zero-order chi connectivity index (χ0) is 17.1. The Morgan fingerprint density at radius 1 is 1.25 bits per heavy atom. The molecule has 2 aromatic rings. The second kappa shape index (κ2) is 6.66. The third-order valence-electron chi connectivity index (χ3n) is 4.02. The lowest BCUT2D eigenvalue weighted by Crippen LogP contribution is -2.37. The molecule has 1 aliphatic rings. The molecule has 1 unspecified atom stereocenters. The number of carbonyl (C=O) groups is 2.